The third-order valence-electron chi connectivity index (χ3n) is 3.15. The lowest BCUT2D eigenvalue weighted by atomic mass is 10.0. The molecule has 2 unspecified atom stereocenters. The van der Waals surface area contributed by atoms with E-state index in [-0.39, 0.29) is 25.3 Å². The van der Waals surface area contributed by atoms with Crippen molar-refractivity contribution in [1.29, 1.82) is 0 Å². The zero-order valence-electron chi connectivity index (χ0n) is 10.5. The van der Waals surface area contributed by atoms with Crippen molar-refractivity contribution in [3.05, 3.63) is 29.3 Å². The van der Waals surface area contributed by atoms with Gasteiger partial charge < -0.3 is 15.4 Å². The Morgan fingerprint density at radius 2 is 1.80 bits per heavy atom. The SMILES string of the molecule is CNC1COCC1C(=O)Nc1c(F)c(F)cc(F)c1F. The maximum absolute atomic E-state index is 13.4. The normalized spacial score (nSPS) is 22.1. The highest BCUT2D eigenvalue weighted by Gasteiger charge is 2.34. The van der Waals surface area contributed by atoms with Crippen LogP contribution >= 0.6 is 0 Å². The third kappa shape index (κ3) is 2.61. The first kappa shape index (κ1) is 14.7. The average Bonchev–Trinajstić information content (AvgIpc) is 2.89. The summed E-state index contributed by atoms with van der Waals surface area (Å²) in [4.78, 5) is 11.9. The van der Waals surface area contributed by atoms with Crippen molar-refractivity contribution in [1.82, 2.24) is 5.32 Å². The van der Waals surface area contributed by atoms with Gasteiger partial charge in [-0.15, -0.1) is 0 Å². The van der Waals surface area contributed by atoms with E-state index in [0.717, 1.165) is 0 Å². The molecule has 0 aliphatic carbocycles. The summed E-state index contributed by atoms with van der Waals surface area (Å²) in [5.41, 5.74) is -1.13. The molecular formula is C12H12F4N2O2. The van der Waals surface area contributed by atoms with Crippen LogP contribution in [0.1, 0.15) is 0 Å². The van der Waals surface area contributed by atoms with Gasteiger partial charge >= 0.3 is 0 Å². The minimum atomic E-state index is -1.64. The van der Waals surface area contributed by atoms with Crippen LogP contribution in [0, 0.1) is 29.2 Å². The van der Waals surface area contributed by atoms with Gasteiger partial charge in [0.15, 0.2) is 23.3 Å². The molecule has 1 aromatic rings. The van der Waals surface area contributed by atoms with Gasteiger partial charge in [-0.1, -0.05) is 0 Å². The molecule has 1 heterocycles. The van der Waals surface area contributed by atoms with Crippen LogP contribution < -0.4 is 10.6 Å². The van der Waals surface area contributed by atoms with E-state index in [1.54, 1.807) is 7.05 Å². The fourth-order valence-electron chi connectivity index (χ4n) is 2.00. The lowest BCUT2D eigenvalue weighted by molar-refractivity contribution is -0.120. The number of ether oxygens (including phenoxy) is 1. The Morgan fingerprint density at radius 1 is 1.20 bits per heavy atom. The smallest absolute Gasteiger partial charge is 0.231 e. The maximum Gasteiger partial charge on any atom is 0.231 e. The molecule has 0 aromatic heterocycles. The Labute approximate surface area is 112 Å². The number of hydrogen-bond donors (Lipinski definition) is 2. The molecule has 0 spiro atoms. The van der Waals surface area contributed by atoms with Gasteiger partial charge in [-0.2, -0.15) is 0 Å². The molecule has 1 amide bonds. The first-order valence-electron chi connectivity index (χ1n) is 5.84. The van der Waals surface area contributed by atoms with Gasteiger partial charge in [-0.05, 0) is 7.05 Å². The minimum Gasteiger partial charge on any atom is -0.379 e. The summed E-state index contributed by atoms with van der Waals surface area (Å²) < 4.78 is 58.0. The van der Waals surface area contributed by atoms with E-state index >= 15 is 0 Å². The van der Waals surface area contributed by atoms with Gasteiger partial charge in [-0.3, -0.25) is 4.79 Å². The number of rotatable bonds is 3. The number of anilines is 1. The number of amides is 1. The van der Waals surface area contributed by atoms with Crippen molar-refractivity contribution in [2.24, 2.45) is 5.92 Å². The van der Waals surface area contributed by atoms with Crippen molar-refractivity contribution in [2.45, 2.75) is 6.04 Å². The number of likely N-dealkylation sites (N-methyl/N-ethyl adjacent to an activating group) is 1. The number of nitrogens with one attached hydrogen (secondary N) is 2. The highest BCUT2D eigenvalue weighted by atomic mass is 19.2. The van der Waals surface area contributed by atoms with Crippen LogP contribution in [0.25, 0.3) is 0 Å². The topological polar surface area (TPSA) is 50.4 Å². The Hall–Kier alpha value is -1.67. The fraction of sp³-hybridized carbons (Fsp3) is 0.417. The molecule has 2 N–H and O–H groups in total. The summed E-state index contributed by atoms with van der Waals surface area (Å²) in [5, 5.41) is 4.69. The van der Waals surface area contributed by atoms with Crippen LogP contribution in [0.2, 0.25) is 0 Å². The van der Waals surface area contributed by atoms with Crippen LogP contribution in [-0.2, 0) is 9.53 Å². The Morgan fingerprint density at radius 3 is 2.35 bits per heavy atom. The molecular weight excluding hydrogens is 280 g/mol. The van der Waals surface area contributed by atoms with Gasteiger partial charge in [0.1, 0.15) is 5.69 Å². The number of hydrogen-bond acceptors (Lipinski definition) is 3. The highest BCUT2D eigenvalue weighted by molar-refractivity contribution is 5.93. The maximum atomic E-state index is 13.4. The molecule has 2 rings (SSSR count). The molecule has 1 aromatic carbocycles. The van der Waals surface area contributed by atoms with Crippen molar-refractivity contribution in [3.63, 3.8) is 0 Å². The second-order valence-corrected chi connectivity index (χ2v) is 4.37. The Balaban J connectivity index is 2.24. The monoisotopic (exact) mass is 292 g/mol. The molecule has 2 atom stereocenters. The van der Waals surface area contributed by atoms with Crippen molar-refractivity contribution >= 4 is 11.6 Å². The summed E-state index contributed by atoms with van der Waals surface area (Å²) >= 11 is 0. The summed E-state index contributed by atoms with van der Waals surface area (Å²) in [7, 11) is 1.60. The zero-order valence-corrected chi connectivity index (χ0v) is 10.5. The van der Waals surface area contributed by atoms with Gasteiger partial charge in [0.25, 0.3) is 0 Å². The Kier molecular flexibility index (Phi) is 4.24. The predicted octanol–water partition coefficient (Wildman–Crippen LogP) is 1.42. The van der Waals surface area contributed by atoms with E-state index in [0.29, 0.717) is 0 Å². The van der Waals surface area contributed by atoms with Crippen LogP contribution in [0.5, 0.6) is 0 Å². The lowest BCUT2D eigenvalue weighted by Gasteiger charge is -2.17. The van der Waals surface area contributed by atoms with E-state index < -0.39 is 40.8 Å². The predicted molar refractivity (Wildman–Crippen MR) is 62.1 cm³/mol. The van der Waals surface area contributed by atoms with Crippen LogP contribution in [-0.4, -0.2) is 32.2 Å². The second-order valence-electron chi connectivity index (χ2n) is 4.37. The number of halogens is 4. The molecule has 8 heteroatoms. The summed E-state index contributed by atoms with van der Waals surface area (Å²) in [6, 6.07) is -0.255. The fourth-order valence-corrected chi connectivity index (χ4v) is 2.00. The van der Waals surface area contributed by atoms with Gasteiger partial charge in [-0.25, -0.2) is 17.6 Å². The lowest BCUT2D eigenvalue weighted by Crippen LogP contribution is -2.39. The van der Waals surface area contributed by atoms with E-state index in [2.05, 4.69) is 5.32 Å². The van der Waals surface area contributed by atoms with Gasteiger partial charge in [0.05, 0.1) is 19.1 Å². The first-order valence-corrected chi connectivity index (χ1v) is 5.84. The number of carbonyl (C=O) groups is 1. The molecule has 0 radical (unpaired) electrons. The van der Waals surface area contributed by atoms with E-state index in [1.807, 2.05) is 5.32 Å². The summed E-state index contributed by atoms with van der Waals surface area (Å²) in [6.45, 7) is 0.315. The largest absolute Gasteiger partial charge is 0.379 e. The average molecular weight is 292 g/mol. The van der Waals surface area contributed by atoms with Crippen molar-refractivity contribution < 1.29 is 27.1 Å². The number of carbonyl (C=O) groups excluding carboxylic acids is 1. The second kappa shape index (κ2) is 5.76. The summed E-state index contributed by atoms with van der Waals surface area (Å²) in [6.07, 6.45) is 0. The van der Waals surface area contributed by atoms with Crippen molar-refractivity contribution in [2.75, 3.05) is 25.6 Å². The summed E-state index contributed by atoms with van der Waals surface area (Å²) in [5.74, 6) is -7.91. The molecule has 1 saturated heterocycles. The molecule has 0 bridgehead atoms. The molecule has 1 aliphatic heterocycles. The van der Waals surface area contributed by atoms with E-state index in [4.69, 9.17) is 4.74 Å². The van der Waals surface area contributed by atoms with Crippen LogP contribution in [0.4, 0.5) is 23.2 Å². The molecule has 110 valence electrons. The molecule has 0 saturated carbocycles. The minimum absolute atomic E-state index is 0.0539. The van der Waals surface area contributed by atoms with Crippen molar-refractivity contribution in [3.8, 4) is 0 Å². The molecule has 1 fully saturated rings. The standard InChI is InChI=1S/C12H12F4N2O2/c1-17-8-4-20-3-5(8)12(19)18-11-9(15)6(13)2-7(14)10(11)16/h2,5,8,17H,3-4H2,1H3,(H,18,19). The van der Waals surface area contributed by atoms with Crippen LogP contribution in [0.15, 0.2) is 6.07 Å². The zero-order chi connectivity index (χ0) is 14.9. The van der Waals surface area contributed by atoms with Gasteiger partial charge in [0, 0.05) is 12.1 Å². The quantitative estimate of drug-likeness (QED) is 0.654. The molecule has 1 aliphatic rings. The third-order valence-corrected chi connectivity index (χ3v) is 3.15. The number of benzene rings is 1. The molecule has 4 nitrogen and oxygen atoms in total. The van der Waals surface area contributed by atoms with E-state index in [9.17, 15) is 22.4 Å². The van der Waals surface area contributed by atoms with Gasteiger partial charge in [0.2, 0.25) is 5.91 Å². The highest BCUT2D eigenvalue weighted by Crippen LogP contribution is 2.25. The van der Waals surface area contributed by atoms with E-state index in [1.165, 1.54) is 0 Å². The Bertz CT molecular complexity index is 512. The molecule has 20 heavy (non-hydrogen) atoms. The first-order chi connectivity index (χ1) is 9.45. The van der Waals surface area contributed by atoms with Crippen LogP contribution in [0.3, 0.4) is 0 Å².